The van der Waals surface area contributed by atoms with Crippen LogP contribution in [0, 0.1) is 11.7 Å². The Morgan fingerprint density at radius 2 is 1.67 bits per heavy atom. The van der Waals surface area contributed by atoms with Crippen molar-refractivity contribution in [2.45, 2.75) is 55.5 Å². The molecule has 3 aromatic carbocycles. The van der Waals surface area contributed by atoms with Gasteiger partial charge in [-0.15, -0.1) is 0 Å². The maximum Gasteiger partial charge on any atom is 0.253 e. The highest BCUT2D eigenvalue weighted by Crippen LogP contribution is 2.43. The summed E-state index contributed by atoms with van der Waals surface area (Å²) in [5.74, 6) is 5.15. The third-order valence-corrected chi connectivity index (χ3v) is 10.5. The van der Waals surface area contributed by atoms with E-state index < -0.39 is 22.9 Å². The van der Waals surface area contributed by atoms with Gasteiger partial charge in [-0.3, -0.25) is 14.9 Å². The minimum absolute atomic E-state index is 0.00235. The minimum Gasteiger partial charge on any atom is -0.403 e. The van der Waals surface area contributed by atoms with Gasteiger partial charge in [0, 0.05) is 28.4 Å². The van der Waals surface area contributed by atoms with Gasteiger partial charge in [0.1, 0.15) is 22.9 Å². The number of morpholine rings is 1. The van der Waals surface area contributed by atoms with E-state index in [0.717, 1.165) is 36.3 Å². The largest absolute Gasteiger partial charge is 0.403 e. The minimum atomic E-state index is -1.41. The number of nitrogens with zero attached hydrogens (tertiary/aromatic N) is 2. The lowest BCUT2D eigenvalue weighted by Crippen LogP contribution is -2.58. The van der Waals surface area contributed by atoms with Crippen LogP contribution in [0.5, 0.6) is 0 Å². The monoisotopic (exact) mass is 673 g/mol. The van der Waals surface area contributed by atoms with Crippen LogP contribution in [-0.2, 0) is 20.5 Å². The fourth-order valence-corrected chi connectivity index (χ4v) is 7.25. The average Bonchev–Trinajstić information content (AvgIpc) is 3.97. The molecular weight excluding hydrogens is 636 g/mol. The number of hydrogen-bond donors (Lipinski definition) is 3. The van der Waals surface area contributed by atoms with Crippen LogP contribution in [0.2, 0.25) is 10.0 Å². The molecule has 6 rings (SSSR count). The van der Waals surface area contributed by atoms with Crippen molar-refractivity contribution in [3.8, 4) is 0 Å². The Bertz CT molecular complexity index is 1490. The molecule has 2 saturated carbocycles. The van der Waals surface area contributed by atoms with E-state index >= 15 is 4.39 Å². The van der Waals surface area contributed by atoms with E-state index in [1.807, 2.05) is 47.4 Å². The van der Waals surface area contributed by atoms with E-state index in [4.69, 9.17) is 39.5 Å². The second-order valence-corrected chi connectivity index (χ2v) is 13.9. The zero-order valence-corrected chi connectivity index (χ0v) is 27.1. The number of anilines is 1. The number of carbonyl (C=O) groups excluding carboxylic acids is 1. The van der Waals surface area contributed by atoms with Gasteiger partial charge < -0.3 is 20.8 Å². The molecule has 45 heavy (non-hydrogen) atoms. The fourth-order valence-electron chi connectivity index (χ4n) is 5.44. The number of nitrogens with two attached hydrogens (primary N) is 2. The summed E-state index contributed by atoms with van der Waals surface area (Å²) in [6.07, 6.45) is 4.29. The molecule has 0 aromatic heterocycles. The Morgan fingerprint density at radius 3 is 2.22 bits per heavy atom. The number of ether oxygens (including phenoxy) is 1. The molecule has 4 unspecified atom stereocenters. The Morgan fingerprint density at radius 1 is 1.02 bits per heavy atom. The van der Waals surface area contributed by atoms with Crippen molar-refractivity contribution < 1.29 is 18.1 Å². The van der Waals surface area contributed by atoms with Crippen LogP contribution in [0.1, 0.15) is 43.7 Å². The number of hydrogen-bond acceptors (Lipinski definition) is 6. The van der Waals surface area contributed by atoms with E-state index in [1.165, 1.54) is 12.3 Å². The quantitative estimate of drug-likeness (QED) is 0.174. The molecule has 0 radical (unpaired) electrons. The molecule has 2 aliphatic carbocycles. The number of nitrogens with one attached hydrogen (secondary N) is 1. The van der Waals surface area contributed by atoms with Crippen LogP contribution in [0.3, 0.4) is 0 Å². The second-order valence-electron chi connectivity index (χ2n) is 11.4. The molecule has 12 heteroatoms. The summed E-state index contributed by atoms with van der Waals surface area (Å²) in [7, 11) is -1.41. The molecule has 0 bridgehead atoms. The maximum absolute atomic E-state index is 15.0. The van der Waals surface area contributed by atoms with Crippen LogP contribution in [0.25, 0.3) is 0 Å². The van der Waals surface area contributed by atoms with Gasteiger partial charge in [0.2, 0.25) is 0 Å². The molecule has 1 saturated heterocycles. The molecule has 8 nitrogen and oxygen atoms in total. The molecule has 3 aliphatic rings. The lowest BCUT2D eigenvalue weighted by atomic mass is 9.97. The van der Waals surface area contributed by atoms with Crippen molar-refractivity contribution in [3.63, 3.8) is 0 Å². The Hall–Kier alpha value is -3.15. The first-order chi connectivity index (χ1) is 21.8. The first-order valence-corrected chi connectivity index (χ1v) is 16.9. The van der Waals surface area contributed by atoms with E-state index in [2.05, 4.69) is 5.43 Å². The van der Waals surface area contributed by atoms with Crippen molar-refractivity contribution in [2.24, 2.45) is 17.5 Å². The summed E-state index contributed by atoms with van der Waals surface area (Å²) in [4.78, 5) is 16.0. The summed E-state index contributed by atoms with van der Waals surface area (Å²) in [6.45, 7) is 0.515. The number of para-hydroxylation sites is 1. The van der Waals surface area contributed by atoms with Gasteiger partial charge in [0.15, 0.2) is 0 Å². The first-order valence-electron chi connectivity index (χ1n) is 15.0. The molecule has 1 amide bonds. The van der Waals surface area contributed by atoms with Gasteiger partial charge in [-0.05, 0) is 73.6 Å². The maximum atomic E-state index is 15.0. The third-order valence-electron chi connectivity index (χ3n) is 8.12. The predicted octanol–water partition coefficient (Wildman–Crippen LogP) is 5.85. The predicted molar refractivity (Wildman–Crippen MR) is 178 cm³/mol. The molecule has 4 atom stereocenters. The number of amides is 1. The zero-order chi connectivity index (χ0) is 31.9. The molecule has 1 aliphatic heterocycles. The van der Waals surface area contributed by atoms with Crippen LogP contribution in [0.15, 0.2) is 90.8 Å². The highest BCUT2D eigenvalue weighted by atomic mass is 35.5. The third kappa shape index (κ3) is 8.56. The standard InChI is InChI=1S/C27H33ClFN5O3S.C6H5Cl/c28-19-9-7-18(8-10-19)25-16-37-26(13-20(14-30)32-31)27(35)34(25)24(17-5-6-17)15-33(38(36)21-11-12-21)23-4-2-1-3-22(23)29;7-6-4-2-1-3-5-6/h1-4,7-10,14,17,21,24-26,32H,5-6,11-13,15-16,30-31H2;1-5H/b20-14-;. The number of halogens is 3. The van der Waals surface area contributed by atoms with Crippen LogP contribution in [-0.4, -0.2) is 45.6 Å². The zero-order valence-electron chi connectivity index (χ0n) is 24.7. The summed E-state index contributed by atoms with van der Waals surface area (Å²) in [5, 5.41) is 1.39. The summed E-state index contributed by atoms with van der Waals surface area (Å²) < 4.78 is 36.3. The highest BCUT2D eigenvalue weighted by Gasteiger charge is 2.48. The SMILES string of the molecule is Clc1ccccc1.N/C=C(/CC1OCC(c2ccc(Cl)cc2)N(C(CN(c2ccccc2F)S(=O)C2CC2)C2CC2)C1=O)NN. The lowest BCUT2D eigenvalue weighted by molar-refractivity contribution is -0.164. The summed E-state index contributed by atoms with van der Waals surface area (Å²) in [6, 6.07) is 22.5. The molecule has 3 fully saturated rings. The van der Waals surface area contributed by atoms with Crippen LogP contribution in [0.4, 0.5) is 10.1 Å². The lowest BCUT2D eigenvalue weighted by Gasteiger charge is -2.45. The summed E-state index contributed by atoms with van der Waals surface area (Å²) in [5.41, 5.74) is 9.86. The van der Waals surface area contributed by atoms with Crippen molar-refractivity contribution in [1.82, 2.24) is 10.3 Å². The Kier molecular flexibility index (Phi) is 11.4. The van der Waals surface area contributed by atoms with Crippen molar-refractivity contribution in [2.75, 3.05) is 17.5 Å². The highest BCUT2D eigenvalue weighted by molar-refractivity contribution is 7.87. The average molecular weight is 675 g/mol. The number of hydrazine groups is 1. The summed E-state index contributed by atoms with van der Waals surface area (Å²) >= 11 is 11.7. The Balaban J connectivity index is 0.000000505. The number of rotatable bonds is 11. The van der Waals surface area contributed by atoms with Gasteiger partial charge in [-0.1, -0.05) is 65.7 Å². The smallest absolute Gasteiger partial charge is 0.253 e. The molecule has 5 N–H and O–H groups in total. The number of carbonyl (C=O) groups is 1. The molecular formula is C33H38Cl2FN5O3S. The molecule has 240 valence electrons. The fraction of sp³-hybridized carbons (Fsp3) is 0.364. The van der Waals surface area contributed by atoms with E-state index in [-0.39, 0.29) is 48.7 Å². The van der Waals surface area contributed by atoms with Gasteiger partial charge in [-0.2, -0.15) is 0 Å². The Labute approximate surface area is 276 Å². The second kappa shape index (κ2) is 15.4. The van der Waals surface area contributed by atoms with E-state index in [1.54, 1.807) is 34.6 Å². The normalized spacial score (nSPS) is 21.4. The van der Waals surface area contributed by atoms with Gasteiger partial charge in [-0.25, -0.2) is 8.60 Å². The van der Waals surface area contributed by atoms with Crippen molar-refractivity contribution in [3.05, 3.63) is 112 Å². The first kappa shape index (κ1) is 33.2. The van der Waals surface area contributed by atoms with E-state index in [9.17, 15) is 9.00 Å². The topological polar surface area (TPSA) is 114 Å². The number of benzene rings is 3. The van der Waals surface area contributed by atoms with Gasteiger partial charge in [0.05, 0.1) is 36.2 Å². The van der Waals surface area contributed by atoms with Gasteiger partial charge >= 0.3 is 0 Å². The van der Waals surface area contributed by atoms with E-state index in [0.29, 0.717) is 16.4 Å². The molecule has 3 aromatic rings. The van der Waals surface area contributed by atoms with Crippen LogP contribution >= 0.6 is 23.2 Å². The van der Waals surface area contributed by atoms with Gasteiger partial charge in [0.25, 0.3) is 5.91 Å². The molecule has 1 heterocycles. The van der Waals surface area contributed by atoms with Crippen LogP contribution < -0.4 is 21.3 Å². The van der Waals surface area contributed by atoms with Crippen molar-refractivity contribution in [1.29, 1.82) is 0 Å². The van der Waals surface area contributed by atoms with Crippen molar-refractivity contribution >= 4 is 45.8 Å². The molecule has 0 spiro atoms.